The normalized spacial score (nSPS) is 35.1. The van der Waals surface area contributed by atoms with E-state index in [2.05, 4.69) is 0 Å². The maximum atomic E-state index is 10.7. The third kappa shape index (κ3) is 4.06. The molecule has 2 fully saturated rings. The van der Waals surface area contributed by atoms with E-state index in [9.17, 15) is 5.11 Å². The zero-order valence-corrected chi connectivity index (χ0v) is 15.0. The Morgan fingerprint density at radius 3 is 2.48 bits per heavy atom. The van der Waals surface area contributed by atoms with Crippen molar-refractivity contribution in [2.24, 2.45) is 0 Å². The number of hydrogen-bond donors (Lipinski definition) is 1. The molecule has 1 unspecified atom stereocenters. The van der Waals surface area contributed by atoms with Crippen LogP contribution in [0.3, 0.4) is 0 Å². The van der Waals surface area contributed by atoms with Crippen LogP contribution in [0.15, 0.2) is 60.7 Å². The van der Waals surface area contributed by atoms with Crippen molar-refractivity contribution in [3.63, 3.8) is 0 Å². The number of rotatable bonds is 5. The Hall–Kier alpha value is -1.80. The van der Waals surface area contributed by atoms with Crippen molar-refractivity contribution in [3.8, 4) is 0 Å². The molecule has 0 radical (unpaired) electrons. The van der Waals surface area contributed by atoms with E-state index >= 15 is 0 Å². The molecule has 2 aliphatic heterocycles. The molecule has 0 bridgehead atoms. The molecule has 2 aromatic carbocycles. The number of aliphatic hydroxyl groups is 1. The summed E-state index contributed by atoms with van der Waals surface area (Å²) in [6.45, 7) is -0.705. The van der Waals surface area contributed by atoms with Crippen molar-refractivity contribution in [1.82, 2.24) is 0 Å². The lowest BCUT2D eigenvalue weighted by molar-refractivity contribution is -0.363. The van der Waals surface area contributed by atoms with Gasteiger partial charge in [0.15, 0.2) is 12.6 Å². The molecular formula is C21H24O6. The average molecular weight is 373 g/mol. The lowest BCUT2D eigenvalue weighted by atomic mass is 9.97. The molecule has 2 heterocycles. The summed E-state index contributed by atoms with van der Waals surface area (Å²) in [4.78, 5) is 0. The maximum Gasteiger partial charge on any atom is 0.186 e. The summed E-state index contributed by atoms with van der Waals surface area (Å²) in [6, 6.07) is 18.8. The van der Waals surface area contributed by atoms with Crippen molar-refractivity contribution >= 4 is 0 Å². The molecule has 4 rings (SSSR count). The van der Waals surface area contributed by atoms with Crippen LogP contribution in [0.5, 0.6) is 0 Å². The summed E-state index contributed by atoms with van der Waals surface area (Å²) >= 11 is 0. The van der Waals surface area contributed by atoms with Crippen LogP contribution < -0.4 is 0 Å². The van der Waals surface area contributed by atoms with Crippen LogP contribution >= 0.6 is 0 Å². The van der Waals surface area contributed by atoms with Gasteiger partial charge in [-0.15, -0.1) is 0 Å². The highest BCUT2D eigenvalue weighted by Crippen LogP contribution is 2.35. The summed E-state index contributed by atoms with van der Waals surface area (Å²) < 4.78 is 37.3. The average Bonchev–Trinajstić information content (AvgIpc) is 2.76. The first-order valence-corrected chi connectivity index (χ1v) is 8.98. The van der Waals surface area contributed by atoms with Crippen LogP contribution in [0.2, 0.25) is 0 Å². The molecular weight excluding hydrogens is 348 g/mol. The highest BCUT2D eigenvalue weighted by Gasteiger charge is 2.50. The third-order valence-corrected chi connectivity index (χ3v) is 4.77. The Morgan fingerprint density at radius 1 is 1.07 bits per heavy atom. The minimum absolute atomic E-state index is 0.269. The SMILES string of the molecule is [2H][C@H](O[C@@H]1[C@H](O)[C@@H](OC)O[C@@H]2COC(c3ccccc3)O[C@@H]12)c1ccccc1. The van der Waals surface area contributed by atoms with Gasteiger partial charge in [-0.05, 0) is 5.56 Å². The predicted molar refractivity (Wildman–Crippen MR) is 96.7 cm³/mol. The zero-order valence-electron chi connectivity index (χ0n) is 16.0. The highest BCUT2D eigenvalue weighted by atomic mass is 16.8. The summed E-state index contributed by atoms with van der Waals surface area (Å²) in [7, 11) is 1.46. The Bertz CT molecular complexity index is 745. The fraction of sp³-hybridized carbons (Fsp3) is 0.429. The van der Waals surface area contributed by atoms with E-state index in [0.717, 1.165) is 5.56 Å². The maximum absolute atomic E-state index is 10.7. The molecule has 2 saturated heterocycles. The molecule has 2 aromatic rings. The number of ether oxygens (including phenoxy) is 5. The van der Waals surface area contributed by atoms with E-state index in [0.29, 0.717) is 5.56 Å². The van der Waals surface area contributed by atoms with Gasteiger partial charge in [0.1, 0.15) is 24.4 Å². The first-order valence-electron chi connectivity index (χ1n) is 9.56. The lowest BCUT2D eigenvalue weighted by Crippen LogP contribution is -2.62. The topological polar surface area (TPSA) is 66.4 Å². The monoisotopic (exact) mass is 373 g/mol. The number of benzene rings is 2. The number of fused-ring (bicyclic) bond motifs is 1. The van der Waals surface area contributed by atoms with Gasteiger partial charge in [0, 0.05) is 12.7 Å². The standard InChI is InChI=1S/C21H24O6/c1-23-21-17(22)19(24-12-14-8-4-2-5-9-14)18-16(26-21)13-25-20(27-18)15-10-6-3-7-11-15/h2-11,16-22H,12-13H2,1H3/t16-,17+,18-,19-,20?,21+/m1/s1/i12D/t12-,16+,17-,18+,19+,20?,21-/m0. The predicted octanol–water partition coefficient (Wildman–Crippen LogP) is 2.42. The molecule has 6 nitrogen and oxygen atoms in total. The summed E-state index contributed by atoms with van der Waals surface area (Å²) in [5.41, 5.74) is 1.56. The van der Waals surface area contributed by atoms with Gasteiger partial charge in [-0.2, -0.15) is 0 Å². The second-order valence-corrected chi connectivity index (χ2v) is 6.58. The molecule has 0 amide bonds. The van der Waals surface area contributed by atoms with Crippen molar-refractivity contribution in [3.05, 3.63) is 71.8 Å². The van der Waals surface area contributed by atoms with Crippen molar-refractivity contribution in [1.29, 1.82) is 0 Å². The van der Waals surface area contributed by atoms with Crippen LogP contribution in [0.25, 0.3) is 0 Å². The van der Waals surface area contributed by atoms with Crippen LogP contribution in [0, 0.1) is 0 Å². The van der Waals surface area contributed by atoms with Gasteiger partial charge in [-0.3, -0.25) is 0 Å². The molecule has 7 atom stereocenters. The van der Waals surface area contributed by atoms with E-state index in [1.54, 1.807) is 0 Å². The van der Waals surface area contributed by atoms with E-state index in [1.807, 2.05) is 60.7 Å². The molecule has 0 aromatic heterocycles. The summed E-state index contributed by atoms with van der Waals surface area (Å²) in [5.74, 6) is 0. The molecule has 1 N–H and O–H groups in total. The van der Waals surface area contributed by atoms with Crippen molar-refractivity contribution < 1.29 is 30.2 Å². The van der Waals surface area contributed by atoms with Crippen LogP contribution in [-0.2, 0) is 30.3 Å². The van der Waals surface area contributed by atoms with Gasteiger partial charge in [0.25, 0.3) is 0 Å². The molecule has 0 spiro atoms. The molecule has 6 heteroatoms. The smallest absolute Gasteiger partial charge is 0.186 e. The molecule has 27 heavy (non-hydrogen) atoms. The Labute approximate surface area is 160 Å². The van der Waals surface area contributed by atoms with Crippen molar-refractivity contribution in [2.45, 2.75) is 43.6 Å². The largest absolute Gasteiger partial charge is 0.385 e. The van der Waals surface area contributed by atoms with Gasteiger partial charge in [0.2, 0.25) is 0 Å². The van der Waals surface area contributed by atoms with Crippen LogP contribution in [-0.4, -0.2) is 49.5 Å². The molecule has 0 saturated carbocycles. The highest BCUT2D eigenvalue weighted by molar-refractivity contribution is 5.17. The Kier molecular flexibility index (Phi) is 5.43. The quantitative estimate of drug-likeness (QED) is 0.868. The van der Waals surface area contributed by atoms with Gasteiger partial charge in [0.05, 0.1) is 14.6 Å². The molecule has 2 aliphatic rings. The van der Waals surface area contributed by atoms with Gasteiger partial charge in [-0.25, -0.2) is 0 Å². The minimum atomic E-state index is -1.10. The van der Waals surface area contributed by atoms with Gasteiger partial charge < -0.3 is 28.8 Å². The molecule has 0 aliphatic carbocycles. The Balaban J connectivity index is 1.55. The van der Waals surface area contributed by atoms with Crippen molar-refractivity contribution in [2.75, 3.05) is 13.7 Å². The second kappa shape index (κ2) is 8.48. The second-order valence-electron chi connectivity index (χ2n) is 6.58. The summed E-state index contributed by atoms with van der Waals surface area (Å²) in [6.07, 6.45) is -4.45. The first kappa shape index (κ1) is 17.3. The number of aliphatic hydroxyl groups excluding tert-OH is 1. The lowest BCUT2D eigenvalue weighted by Gasteiger charge is -2.47. The van der Waals surface area contributed by atoms with E-state index in [4.69, 9.17) is 25.1 Å². The van der Waals surface area contributed by atoms with E-state index in [-0.39, 0.29) is 6.61 Å². The molecule has 144 valence electrons. The fourth-order valence-corrected chi connectivity index (χ4v) is 3.38. The number of methoxy groups -OCH3 is 1. The van der Waals surface area contributed by atoms with Gasteiger partial charge >= 0.3 is 0 Å². The first-order chi connectivity index (χ1) is 13.7. The number of hydrogen-bond acceptors (Lipinski definition) is 6. The van der Waals surface area contributed by atoms with Crippen LogP contribution in [0.1, 0.15) is 18.8 Å². The Morgan fingerprint density at radius 2 is 1.78 bits per heavy atom. The summed E-state index contributed by atoms with van der Waals surface area (Å²) in [5, 5.41) is 10.7. The zero-order chi connectivity index (χ0) is 19.5. The van der Waals surface area contributed by atoms with Gasteiger partial charge in [-0.1, -0.05) is 60.7 Å². The van der Waals surface area contributed by atoms with E-state index < -0.39 is 43.6 Å². The third-order valence-electron chi connectivity index (χ3n) is 4.77. The van der Waals surface area contributed by atoms with Crippen LogP contribution in [0.4, 0.5) is 0 Å². The minimum Gasteiger partial charge on any atom is -0.385 e. The van der Waals surface area contributed by atoms with E-state index in [1.165, 1.54) is 7.11 Å². The fourth-order valence-electron chi connectivity index (χ4n) is 3.38.